The molecule has 2 aromatic carbocycles. The molecule has 2 aromatic rings. The van der Waals surface area contributed by atoms with E-state index in [0.717, 1.165) is 5.56 Å². The summed E-state index contributed by atoms with van der Waals surface area (Å²) in [7, 11) is 0. The van der Waals surface area contributed by atoms with Crippen molar-refractivity contribution in [2.75, 3.05) is 0 Å². The monoisotopic (exact) mass is 346 g/mol. The molecule has 6 heteroatoms. The summed E-state index contributed by atoms with van der Waals surface area (Å²) in [6, 6.07) is 13.9. The van der Waals surface area contributed by atoms with E-state index >= 15 is 0 Å². The molecular weight excluding hydrogens is 336 g/mol. The number of hydrogen-bond acceptors (Lipinski definition) is 4. The number of nitro benzene ring substituents is 1. The van der Waals surface area contributed by atoms with Gasteiger partial charge in [0.25, 0.3) is 5.69 Å². The van der Waals surface area contributed by atoms with E-state index in [1.165, 1.54) is 6.07 Å². The van der Waals surface area contributed by atoms with Gasteiger partial charge in [-0.3, -0.25) is 10.1 Å². The van der Waals surface area contributed by atoms with E-state index < -0.39 is 4.92 Å². The quantitative estimate of drug-likeness (QED) is 0.458. The molecule has 106 valence electrons. The average molecular weight is 347 g/mol. The number of halogens is 1. The fourth-order valence-electron chi connectivity index (χ4n) is 1.81. The van der Waals surface area contributed by atoms with Gasteiger partial charge in [0.1, 0.15) is 11.5 Å². The Hall–Kier alpha value is -2.39. The minimum absolute atomic E-state index is 0.0589. The van der Waals surface area contributed by atoms with Gasteiger partial charge >= 0.3 is 0 Å². The Morgan fingerprint density at radius 2 is 1.86 bits per heavy atom. The normalized spacial score (nSPS) is 9.90. The van der Waals surface area contributed by atoms with E-state index in [1.807, 2.05) is 12.1 Å². The highest BCUT2D eigenvalue weighted by Crippen LogP contribution is 2.29. The summed E-state index contributed by atoms with van der Waals surface area (Å²) in [5.41, 5.74) is 1.52. The zero-order valence-corrected chi connectivity index (χ0v) is 12.5. The van der Waals surface area contributed by atoms with E-state index in [-0.39, 0.29) is 5.69 Å². The van der Waals surface area contributed by atoms with Crippen molar-refractivity contribution < 1.29 is 9.66 Å². The van der Waals surface area contributed by atoms with Crippen molar-refractivity contribution in [3.8, 4) is 17.6 Å². The third-order valence-corrected chi connectivity index (χ3v) is 3.44. The summed E-state index contributed by atoms with van der Waals surface area (Å²) in [5.74, 6) is 1.15. The number of hydrogen-bond donors (Lipinski definition) is 0. The summed E-state index contributed by atoms with van der Waals surface area (Å²) in [4.78, 5) is 10.4. The molecule has 0 fully saturated rings. The van der Waals surface area contributed by atoms with Crippen LogP contribution >= 0.6 is 15.9 Å². The van der Waals surface area contributed by atoms with Gasteiger partial charge < -0.3 is 4.74 Å². The highest BCUT2D eigenvalue weighted by atomic mass is 79.9. The zero-order valence-electron chi connectivity index (χ0n) is 11.0. The molecule has 0 N–H and O–H groups in total. The number of nitrogens with zero attached hydrogens (tertiary/aromatic N) is 2. The Morgan fingerprint density at radius 3 is 2.43 bits per heavy atom. The lowest BCUT2D eigenvalue weighted by Gasteiger charge is -2.07. The summed E-state index contributed by atoms with van der Waals surface area (Å²) < 4.78 is 5.66. The molecule has 0 saturated heterocycles. The Morgan fingerprint density at radius 1 is 1.19 bits per heavy atom. The van der Waals surface area contributed by atoms with Crippen LogP contribution in [0.2, 0.25) is 0 Å². The standard InChI is InChI=1S/C15H11BrN2O3/c16-10-12-9-14(5-6-15(12)18(19)20)21-13-3-1-11(2-4-13)7-8-17/h1-6,9H,7,10H2. The molecule has 0 aliphatic rings. The van der Waals surface area contributed by atoms with Gasteiger partial charge in [-0.05, 0) is 29.8 Å². The van der Waals surface area contributed by atoms with Crippen LogP contribution in [0.4, 0.5) is 5.69 Å². The Balaban J connectivity index is 2.19. The molecule has 0 radical (unpaired) electrons. The van der Waals surface area contributed by atoms with Crippen molar-refractivity contribution >= 4 is 21.6 Å². The molecule has 2 rings (SSSR count). The van der Waals surface area contributed by atoms with Gasteiger partial charge in [-0.2, -0.15) is 5.26 Å². The first kappa shape index (κ1) is 15.0. The maximum atomic E-state index is 10.9. The van der Waals surface area contributed by atoms with Crippen LogP contribution in [-0.2, 0) is 11.8 Å². The fourth-order valence-corrected chi connectivity index (χ4v) is 2.26. The molecule has 0 spiro atoms. The molecule has 0 saturated carbocycles. The van der Waals surface area contributed by atoms with Crippen LogP contribution in [0.25, 0.3) is 0 Å². The minimum Gasteiger partial charge on any atom is -0.457 e. The van der Waals surface area contributed by atoms with E-state index in [2.05, 4.69) is 22.0 Å². The summed E-state index contributed by atoms with van der Waals surface area (Å²) >= 11 is 3.23. The van der Waals surface area contributed by atoms with E-state index in [1.54, 1.807) is 24.3 Å². The summed E-state index contributed by atoms with van der Waals surface area (Å²) in [6.45, 7) is 0. The van der Waals surface area contributed by atoms with Crippen molar-refractivity contribution in [2.24, 2.45) is 0 Å². The number of ether oxygens (including phenoxy) is 1. The molecule has 0 aliphatic heterocycles. The second-order valence-electron chi connectivity index (χ2n) is 4.26. The van der Waals surface area contributed by atoms with Crippen LogP contribution in [0.15, 0.2) is 42.5 Å². The van der Waals surface area contributed by atoms with Crippen LogP contribution in [0.3, 0.4) is 0 Å². The molecule has 0 amide bonds. The zero-order chi connectivity index (χ0) is 15.2. The van der Waals surface area contributed by atoms with Crippen LogP contribution in [0, 0.1) is 21.4 Å². The highest BCUT2D eigenvalue weighted by Gasteiger charge is 2.13. The molecule has 0 heterocycles. The van der Waals surface area contributed by atoms with Crippen LogP contribution in [-0.4, -0.2) is 4.92 Å². The first-order valence-corrected chi connectivity index (χ1v) is 7.23. The Labute approximate surface area is 130 Å². The summed E-state index contributed by atoms with van der Waals surface area (Å²) in [5, 5.41) is 19.9. The van der Waals surface area contributed by atoms with Crippen molar-refractivity contribution in [2.45, 2.75) is 11.8 Å². The van der Waals surface area contributed by atoms with Crippen molar-refractivity contribution in [3.63, 3.8) is 0 Å². The number of nitro groups is 1. The lowest BCUT2D eigenvalue weighted by atomic mass is 10.1. The van der Waals surface area contributed by atoms with Crippen LogP contribution in [0.1, 0.15) is 11.1 Å². The first-order chi connectivity index (χ1) is 10.1. The lowest BCUT2D eigenvalue weighted by Crippen LogP contribution is -1.94. The van der Waals surface area contributed by atoms with Gasteiger partial charge in [0.15, 0.2) is 0 Å². The smallest absolute Gasteiger partial charge is 0.273 e. The first-order valence-electron chi connectivity index (χ1n) is 6.11. The second-order valence-corrected chi connectivity index (χ2v) is 4.82. The average Bonchev–Trinajstić information content (AvgIpc) is 2.49. The van der Waals surface area contributed by atoms with Gasteiger partial charge in [0.2, 0.25) is 0 Å². The topological polar surface area (TPSA) is 76.2 Å². The Bertz CT molecular complexity index is 693. The third kappa shape index (κ3) is 3.80. The fraction of sp³-hybridized carbons (Fsp3) is 0.133. The molecule has 0 atom stereocenters. The van der Waals surface area contributed by atoms with Gasteiger partial charge in [-0.25, -0.2) is 0 Å². The van der Waals surface area contributed by atoms with Crippen molar-refractivity contribution in [1.82, 2.24) is 0 Å². The van der Waals surface area contributed by atoms with Gasteiger partial charge in [0, 0.05) is 17.0 Å². The highest BCUT2D eigenvalue weighted by molar-refractivity contribution is 9.08. The maximum Gasteiger partial charge on any atom is 0.273 e. The molecule has 0 aliphatic carbocycles. The molecule has 0 aromatic heterocycles. The molecule has 5 nitrogen and oxygen atoms in total. The number of benzene rings is 2. The molecule has 0 unspecified atom stereocenters. The lowest BCUT2D eigenvalue weighted by molar-refractivity contribution is -0.385. The second kappa shape index (κ2) is 6.86. The predicted molar refractivity (Wildman–Crippen MR) is 81.6 cm³/mol. The van der Waals surface area contributed by atoms with Gasteiger partial charge in [-0.1, -0.05) is 28.1 Å². The van der Waals surface area contributed by atoms with E-state index in [9.17, 15) is 10.1 Å². The third-order valence-electron chi connectivity index (χ3n) is 2.83. The molecular formula is C15H11BrN2O3. The van der Waals surface area contributed by atoms with Crippen LogP contribution in [0.5, 0.6) is 11.5 Å². The van der Waals surface area contributed by atoms with Gasteiger partial charge in [-0.15, -0.1) is 0 Å². The molecule has 0 bridgehead atoms. The largest absolute Gasteiger partial charge is 0.457 e. The van der Waals surface area contributed by atoms with Crippen LogP contribution < -0.4 is 4.74 Å². The molecule has 21 heavy (non-hydrogen) atoms. The van der Waals surface area contributed by atoms with E-state index in [0.29, 0.717) is 28.8 Å². The maximum absolute atomic E-state index is 10.9. The van der Waals surface area contributed by atoms with Gasteiger partial charge in [0.05, 0.1) is 17.4 Å². The number of nitriles is 1. The number of rotatable bonds is 5. The summed E-state index contributed by atoms with van der Waals surface area (Å²) in [6.07, 6.45) is 0.353. The number of alkyl halides is 1. The van der Waals surface area contributed by atoms with E-state index in [4.69, 9.17) is 10.00 Å². The predicted octanol–water partition coefficient (Wildman–Crippen LogP) is 4.35. The Kier molecular flexibility index (Phi) is 4.90. The van der Waals surface area contributed by atoms with Crippen molar-refractivity contribution in [1.29, 1.82) is 5.26 Å². The minimum atomic E-state index is -0.420. The van der Waals surface area contributed by atoms with Crippen molar-refractivity contribution in [3.05, 3.63) is 63.7 Å². The SMILES string of the molecule is N#CCc1ccc(Oc2ccc([N+](=O)[O-])c(CBr)c2)cc1.